The molecule has 0 spiro atoms. The Labute approximate surface area is 122 Å². The highest BCUT2D eigenvalue weighted by Gasteiger charge is 2.07. The van der Waals surface area contributed by atoms with Crippen molar-refractivity contribution in [2.75, 3.05) is 7.11 Å². The van der Waals surface area contributed by atoms with Gasteiger partial charge in [-0.3, -0.25) is 4.99 Å². The topological polar surface area (TPSA) is 57.6 Å². The van der Waals surface area contributed by atoms with Gasteiger partial charge in [-0.25, -0.2) is 0 Å². The summed E-state index contributed by atoms with van der Waals surface area (Å²) in [4.78, 5) is 7.36. The van der Waals surface area contributed by atoms with Crippen molar-refractivity contribution in [1.82, 2.24) is 4.98 Å². The van der Waals surface area contributed by atoms with Crippen LogP contribution in [0.4, 0.5) is 0 Å². The fraction of sp³-hybridized carbons (Fsp3) is 0.118. The molecule has 2 N–H and O–H groups in total. The summed E-state index contributed by atoms with van der Waals surface area (Å²) in [6, 6.07) is 15.5. The Bertz CT molecular complexity index is 790. The Balaban J connectivity index is 1.87. The van der Waals surface area contributed by atoms with Gasteiger partial charge in [0.2, 0.25) is 0 Å². The van der Waals surface area contributed by atoms with Crippen molar-refractivity contribution >= 4 is 17.1 Å². The second-order valence-electron chi connectivity index (χ2n) is 4.71. The van der Waals surface area contributed by atoms with Crippen LogP contribution >= 0.6 is 0 Å². The average Bonchev–Trinajstić information content (AvgIpc) is 2.84. The molecule has 0 aliphatic rings. The van der Waals surface area contributed by atoms with Crippen molar-refractivity contribution in [3.63, 3.8) is 0 Å². The van der Waals surface area contributed by atoms with Gasteiger partial charge >= 0.3 is 0 Å². The van der Waals surface area contributed by atoms with E-state index in [1.807, 2.05) is 48.5 Å². The SMILES string of the molecule is COc1ccccc1CN=Cc1c(O)[nH]c2ccccc12. The van der Waals surface area contributed by atoms with Gasteiger partial charge in [0, 0.05) is 22.7 Å². The van der Waals surface area contributed by atoms with Crippen molar-refractivity contribution in [3.8, 4) is 11.6 Å². The van der Waals surface area contributed by atoms with E-state index in [1.54, 1.807) is 13.3 Å². The molecule has 0 saturated carbocycles. The maximum atomic E-state index is 9.96. The summed E-state index contributed by atoms with van der Waals surface area (Å²) in [5.74, 6) is 0.956. The summed E-state index contributed by atoms with van der Waals surface area (Å²) >= 11 is 0. The summed E-state index contributed by atoms with van der Waals surface area (Å²) in [7, 11) is 1.65. The summed E-state index contributed by atoms with van der Waals surface area (Å²) in [6.45, 7) is 0.503. The second-order valence-corrected chi connectivity index (χ2v) is 4.71. The molecule has 3 rings (SSSR count). The first-order valence-electron chi connectivity index (χ1n) is 6.71. The van der Waals surface area contributed by atoms with E-state index in [0.29, 0.717) is 12.1 Å². The third-order valence-electron chi connectivity index (χ3n) is 3.40. The number of aromatic amines is 1. The van der Waals surface area contributed by atoms with Crippen LogP contribution in [0, 0.1) is 0 Å². The molecule has 3 aromatic rings. The van der Waals surface area contributed by atoms with Gasteiger partial charge in [-0.15, -0.1) is 0 Å². The van der Waals surface area contributed by atoms with Crippen LogP contribution in [0.1, 0.15) is 11.1 Å². The maximum Gasteiger partial charge on any atom is 0.198 e. The predicted molar refractivity (Wildman–Crippen MR) is 84.3 cm³/mol. The van der Waals surface area contributed by atoms with Gasteiger partial charge in [-0.1, -0.05) is 36.4 Å². The lowest BCUT2D eigenvalue weighted by Crippen LogP contribution is -1.90. The molecule has 1 heterocycles. The number of benzene rings is 2. The molecule has 0 unspecified atom stereocenters. The largest absolute Gasteiger partial charge is 0.496 e. The Morgan fingerprint density at radius 3 is 2.76 bits per heavy atom. The lowest BCUT2D eigenvalue weighted by Gasteiger charge is -2.04. The lowest BCUT2D eigenvalue weighted by molar-refractivity contribution is 0.410. The molecule has 0 atom stereocenters. The van der Waals surface area contributed by atoms with Gasteiger partial charge in [0.25, 0.3) is 0 Å². The molecule has 0 aliphatic carbocycles. The third kappa shape index (κ3) is 2.60. The van der Waals surface area contributed by atoms with E-state index < -0.39 is 0 Å². The summed E-state index contributed by atoms with van der Waals surface area (Å²) in [5.41, 5.74) is 2.62. The number of fused-ring (bicyclic) bond motifs is 1. The Hall–Kier alpha value is -2.75. The number of aromatic nitrogens is 1. The molecular formula is C17H16N2O2. The van der Waals surface area contributed by atoms with Gasteiger partial charge < -0.3 is 14.8 Å². The molecule has 2 aromatic carbocycles. The lowest BCUT2D eigenvalue weighted by atomic mass is 10.2. The number of nitrogens with zero attached hydrogens (tertiary/aromatic N) is 1. The van der Waals surface area contributed by atoms with Gasteiger partial charge in [0.05, 0.1) is 19.2 Å². The molecule has 106 valence electrons. The fourth-order valence-corrected chi connectivity index (χ4v) is 2.35. The van der Waals surface area contributed by atoms with Crippen LogP contribution in [-0.4, -0.2) is 23.4 Å². The fourth-order valence-electron chi connectivity index (χ4n) is 2.35. The summed E-state index contributed by atoms with van der Waals surface area (Å²) in [5, 5.41) is 10.9. The van der Waals surface area contributed by atoms with Crippen molar-refractivity contribution < 1.29 is 9.84 Å². The van der Waals surface area contributed by atoms with Crippen LogP contribution in [0.5, 0.6) is 11.6 Å². The number of nitrogens with one attached hydrogen (secondary N) is 1. The Kier molecular flexibility index (Phi) is 3.60. The van der Waals surface area contributed by atoms with E-state index in [0.717, 1.165) is 22.2 Å². The minimum atomic E-state index is 0.139. The standard InChI is InChI=1S/C17H16N2O2/c1-21-16-9-5-2-6-12(16)10-18-11-14-13-7-3-4-8-15(13)19-17(14)20/h2-9,11,19-20H,10H2,1H3. The van der Waals surface area contributed by atoms with Crippen LogP contribution < -0.4 is 4.74 Å². The normalized spacial score (nSPS) is 11.3. The monoisotopic (exact) mass is 280 g/mol. The van der Waals surface area contributed by atoms with Crippen LogP contribution in [0.3, 0.4) is 0 Å². The first-order valence-corrected chi connectivity index (χ1v) is 6.71. The quantitative estimate of drug-likeness (QED) is 0.719. The summed E-state index contributed by atoms with van der Waals surface area (Å²) < 4.78 is 5.30. The van der Waals surface area contributed by atoms with E-state index in [1.165, 1.54) is 0 Å². The number of para-hydroxylation sites is 2. The van der Waals surface area contributed by atoms with Gasteiger partial charge in [-0.2, -0.15) is 0 Å². The van der Waals surface area contributed by atoms with Crippen LogP contribution in [0.25, 0.3) is 10.9 Å². The molecular weight excluding hydrogens is 264 g/mol. The molecule has 1 aromatic heterocycles. The van der Waals surface area contributed by atoms with Crippen molar-refractivity contribution in [1.29, 1.82) is 0 Å². The zero-order valence-electron chi connectivity index (χ0n) is 11.7. The first kappa shape index (κ1) is 13.2. The molecule has 4 nitrogen and oxygen atoms in total. The number of H-pyrrole nitrogens is 1. The van der Waals surface area contributed by atoms with Crippen molar-refractivity contribution in [3.05, 3.63) is 59.7 Å². The van der Waals surface area contributed by atoms with E-state index in [4.69, 9.17) is 4.74 Å². The zero-order valence-corrected chi connectivity index (χ0v) is 11.7. The highest BCUT2D eigenvalue weighted by molar-refractivity contribution is 6.01. The number of hydrogen-bond donors (Lipinski definition) is 2. The summed E-state index contributed by atoms with van der Waals surface area (Å²) in [6.07, 6.45) is 1.70. The van der Waals surface area contributed by atoms with Crippen LogP contribution in [0.2, 0.25) is 0 Å². The van der Waals surface area contributed by atoms with Crippen molar-refractivity contribution in [2.45, 2.75) is 6.54 Å². The number of methoxy groups -OCH3 is 1. The number of aliphatic imine (C=N–C) groups is 1. The Morgan fingerprint density at radius 2 is 1.90 bits per heavy atom. The molecule has 0 amide bonds. The Morgan fingerprint density at radius 1 is 1.14 bits per heavy atom. The highest BCUT2D eigenvalue weighted by Crippen LogP contribution is 2.25. The van der Waals surface area contributed by atoms with Gasteiger partial charge in [0.15, 0.2) is 5.88 Å². The molecule has 4 heteroatoms. The van der Waals surface area contributed by atoms with E-state index >= 15 is 0 Å². The van der Waals surface area contributed by atoms with Gasteiger partial charge in [-0.05, 0) is 12.1 Å². The average molecular weight is 280 g/mol. The molecule has 21 heavy (non-hydrogen) atoms. The van der Waals surface area contributed by atoms with Crippen LogP contribution in [0.15, 0.2) is 53.5 Å². The van der Waals surface area contributed by atoms with E-state index in [2.05, 4.69) is 9.98 Å². The number of aromatic hydroxyl groups is 1. The zero-order chi connectivity index (χ0) is 14.7. The molecule has 0 saturated heterocycles. The third-order valence-corrected chi connectivity index (χ3v) is 3.40. The predicted octanol–water partition coefficient (Wildman–Crippen LogP) is 3.50. The van der Waals surface area contributed by atoms with Crippen LogP contribution in [-0.2, 0) is 6.54 Å². The number of hydrogen-bond acceptors (Lipinski definition) is 3. The number of ether oxygens (including phenoxy) is 1. The molecule has 0 radical (unpaired) electrons. The first-order chi connectivity index (χ1) is 10.3. The maximum absolute atomic E-state index is 9.96. The van der Waals surface area contributed by atoms with E-state index in [9.17, 15) is 5.11 Å². The minimum absolute atomic E-state index is 0.139. The van der Waals surface area contributed by atoms with Crippen molar-refractivity contribution in [2.24, 2.45) is 4.99 Å². The van der Waals surface area contributed by atoms with Gasteiger partial charge in [0.1, 0.15) is 5.75 Å². The molecule has 0 fully saturated rings. The minimum Gasteiger partial charge on any atom is -0.496 e. The smallest absolute Gasteiger partial charge is 0.198 e. The number of rotatable bonds is 4. The highest BCUT2D eigenvalue weighted by atomic mass is 16.5. The van der Waals surface area contributed by atoms with E-state index in [-0.39, 0.29) is 5.88 Å². The molecule has 0 aliphatic heterocycles. The second kappa shape index (κ2) is 5.71. The molecule has 0 bridgehead atoms.